The third-order valence-corrected chi connectivity index (χ3v) is 7.81. The van der Waals surface area contributed by atoms with Crippen LogP contribution in [0.5, 0.6) is 0 Å². The van der Waals surface area contributed by atoms with Crippen molar-refractivity contribution in [3.05, 3.63) is 70.3 Å². The quantitative estimate of drug-likeness (QED) is 0.212. The Morgan fingerprint density at radius 2 is 1.68 bits per heavy atom. The molecule has 2 aromatic rings. The van der Waals surface area contributed by atoms with Crippen LogP contribution in [0.3, 0.4) is 0 Å². The molecule has 0 aromatic heterocycles. The van der Waals surface area contributed by atoms with Crippen LogP contribution < -0.4 is 5.32 Å². The van der Waals surface area contributed by atoms with E-state index in [9.17, 15) is 33.2 Å². The molecule has 3 N–H and O–H groups in total. The highest BCUT2D eigenvalue weighted by Gasteiger charge is 2.31. The topological polar surface area (TPSA) is 167 Å². The zero-order valence-corrected chi connectivity index (χ0v) is 22.3. The van der Waals surface area contributed by atoms with E-state index in [-0.39, 0.29) is 55.3 Å². The van der Waals surface area contributed by atoms with Crippen LogP contribution in [-0.2, 0) is 26.0 Å². The number of amides is 1. The third-order valence-electron chi connectivity index (χ3n) is 5.94. The molecule has 0 spiro atoms. The summed E-state index contributed by atoms with van der Waals surface area (Å²) in [5, 5.41) is 33.7. The molecule has 1 amide bonds. The van der Waals surface area contributed by atoms with Gasteiger partial charge in [0.2, 0.25) is 15.9 Å². The molecule has 12 heteroatoms. The Bertz CT molecular complexity index is 1170. The smallest absolute Gasteiger partial charge is 0.303 e. The first-order valence-electron chi connectivity index (χ1n) is 12.4. The largest absolute Gasteiger partial charge is 0.481 e. The van der Waals surface area contributed by atoms with Crippen LogP contribution in [0, 0.1) is 16.0 Å². The molecular weight excluding hydrogens is 514 g/mol. The predicted octanol–water partition coefficient (Wildman–Crippen LogP) is 2.97. The molecule has 0 aliphatic rings. The molecule has 0 fully saturated rings. The average Bonchev–Trinajstić information content (AvgIpc) is 2.86. The van der Waals surface area contributed by atoms with Gasteiger partial charge in [0.25, 0.3) is 5.69 Å². The lowest BCUT2D eigenvalue weighted by Gasteiger charge is -2.30. The van der Waals surface area contributed by atoms with E-state index in [1.807, 2.05) is 32.0 Å². The molecule has 0 bridgehead atoms. The summed E-state index contributed by atoms with van der Waals surface area (Å²) in [6, 6.07) is 12.8. The first kappa shape index (κ1) is 30.9. The van der Waals surface area contributed by atoms with Gasteiger partial charge in [-0.1, -0.05) is 44.2 Å². The van der Waals surface area contributed by atoms with E-state index in [1.54, 1.807) is 12.1 Å². The van der Waals surface area contributed by atoms with Crippen molar-refractivity contribution in [2.75, 3.05) is 13.1 Å². The standard InChI is InChI=1S/C26H35N3O8S/c1-19(2)15-16-28(38(36,37)22-13-11-21(12-14-22)29(34)35)18-24(30)23(17-20-7-4-3-5-8-20)27-25(31)9-6-10-26(32)33/h3-5,7-8,11-14,19,23-24,30H,6,9-10,15-18H2,1-2H3,(H,27,31)(H,32,33). The Morgan fingerprint density at radius 3 is 2.24 bits per heavy atom. The van der Waals surface area contributed by atoms with Gasteiger partial charge in [-0.3, -0.25) is 19.7 Å². The molecule has 2 atom stereocenters. The number of carboxylic acids is 1. The van der Waals surface area contributed by atoms with E-state index in [4.69, 9.17) is 5.11 Å². The van der Waals surface area contributed by atoms with E-state index >= 15 is 0 Å². The Hall–Kier alpha value is -3.35. The molecule has 0 aliphatic carbocycles. The lowest BCUT2D eigenvalue weighted by Crippen LogP contribution is -2.50. The van der Waals surface area contributed by atoms with Gasteiger partial charge in [0.05, 0.1) is 22.0 Å². The number of carboxylic acid groups (broad SMARTS) is 1. The number of non-ortho nitro benzene ring substituents is 1. The molecule has 2 rings (SSSR count). The minimum absolute atomic E-state index is 0.0531. The summed E-state index contributed by atoms with van der Waals surface area (Å²) in [4.78, 5) is 33.5. The second-order valence-corrected chi connectivity index (χ2v) is 11.4. The SMILES string of the molecule is CC(C)CCN(CC(O)C(Cc1ccccc1)NC(=O)CCCC(=O)O)S(=O)(=O)c1ccc([N+](=O)[O-])cc1. The van der Waals surface area contributed by atoms with Gasteiger partial charge in [-0.2, -0.15) is 4.31 Å². The first-order valence-corrected chi connectivity index (χ1v) is 13.8. The Balaban J connectivity index is 2.29. The zero-order chi connectivity index (χ0) is 28.3. The van der Waals surface area contributed by atoms with Gasteiger partial charge in [-0.25, -0.2) is 8.42 Å². The third kappa shape index (κ3) is 9.84. The van der Waals surface area contributed by atoms with Gasteiger partial charge in [-0.05, 0) is 42.9 Å². The van der Waals surface area contributed by atoms with Crippen molar-refractivity contribution in [2.24, 2.45) is 5.92 Å². The molecule has 2 aromatic carbocycles. The first-order chi connectivity index (χ1) is 17.9. The normalized spacial score (nSPS) is 13.3. The summed E-state index contributed by atoms with van der Waals surface area (Å²) >= 11 is 0. The number of nitrogens with one attached hydrogen (secondary N) is 1. The summed E-state index contributed by atoms with van der Waals surface area (Å²) in [6.07, 6.45) is -0.659. The number of carbonyl (C=O) groups is 2. The van der Waals surface area contributed by atoms with Crippen molar-refractivity contribution < 1.29 is 33.1 Å². The predicted molar refractivity (Wildman–Crippen MR) is 141 cm³/mol. The number of rotatable bonds is 16. The van der Waals surface area contributed by atoms with Gasteiger partial charge in [0, 0.05) is 38.1 Å². The van der Waals surface area contributed by atoms with Crippen LogP contribution in [0.4, 0.5) is 5.69 Å². The minimum atomic E-state index is -4.12. The number of aliphatic carboxylic acids is 1. The monoisotopic (exact) mass is 549 g/mol. The molecule has 0 saturated carbocycles. The van der Waals surface area contributed by atoms with Crippen LogP contribution in [0.2, 0.25) is 0 Å². The van der Waals surface area contributed by atoms with E-state index in [2.05, 4.69) is 5.32 Å². The van der Waals surface area contributed by atoms with Crippen LogP contribution in [0.25, 0.3) is 0 Å². The summed E-state index contributed by atoms with van der Waals surface area (Å²) in [5.74, 6) is -1.30. The van der Waals surface area contributed by atoms with Gasteiger partial charge in [0.1, 0.15) is 0 Å². The van der Waals surface area contributed by atoms with E-state index in [1.165, 1.54) is 0 Å². The maximum Gasteiger partial charge on any atom is 0.303 e. The number of aliphatic hydroxyl groups is 1. The molecule has 11 nitrogen and oxygen atoms in total. The Labute approximate surface area is 222 Å². The van der Waals surface area contributed by atoms with Crippen molar-refractivity contribution in [3.63, 3.8) is 0 Å². The lowest BCUT2D eigenvalue weighted by molar-refractivity contribution is -0.384. The number of hydrogen-bond donors (Lipinski definition) is 3. The molecular formula is C26H35N3O8S. The molecule has 2 unspecified atom stereocenters. The summed E-state index contributed by atoms with van der Waals surface area (Å²) in [5.41, 5.74) is 0.570. The van der Waals surface area contributed by atoms with Crippen molar-refractivity contribution in [1.82, 2.24) is 9.62 Å². The highest BCUT2D eigenvalue weighted by Crippen LogP contribution is 2.22. The highest BCUT2D eigenvalue weighted by atomic mass is 32.2. The number of hydrogen-bond acceptors (Lipinski definition) is 7. The zero-order valence-electron chi connectivity index (χ0n) is 21.5. The van der Waals surface area contributed by atoms with Crippen LogP contribution in [0.1, 0.15) is 45.1 Å². The molecule has 0 saturated heterocycles. The fourth-order valence-electron chi connectivity index (χ4n) is 3.77. The Kier molecular flexibility index (Phi) is 11.8. The summed E-state index contributed by atoms with van der Waals surface area (Å²) in [6.45, 7) is 3.64. The van der Waals surface area contributed by atoms with E-state index in [0.29, 0.717) is 6.42 Å². The molecule has 208 valence electrons. The second kappa shape index (κ2) is 14.6. The van der Waals surface area contributed by atoms with E-state index < -0.39 is 39.0 Å². The van der Waals surface area contributed by atoms with Gasteiger partial charge in [-0.15, -0.1) is 0 Å². The number of sulfonamides is 1. The maximum atomic E-state index is 13.5. The van der Waals surface area contributed by atoms with Crippen LogP contribution >= 0.6 is 0 Å². The molecule has 38 heavy (non-hydrogen) atoms. The fraction of sp³-hybridized carbons (Fsp3) is 0.462. The van der Waals surface area contributed by atoms with Crippen molar-refractivity contribution in [2.45, 2.75) is 63.0 Å². The number of nitro groups is 1. The van der Waals surface area contributed by atoms with Crippen LogP contribution in [-0.4, -0.2) is 65.0 Å². The highest BCUT2D eigenvalue weighted by molar-refractivity contribution is 7.89. The number of benzene rings is 2. The average molecular weight is 550 g/mol. The minimum Gasteiger partial charge on any atom is -0.481 e. The number of carbonyl (C=O) groups excluding carboxylic acids is 1. The summed E-state index contributed by atoms with van der Waals surface area (Å²) < 4.78 is 28.1. The van der Waals surface area contributed by atoms with Gasteiger partial charge in [0.15, 0.2) is 0 Å². The van der Waals surface area contributed by atoms with E-state index in [0.717, 1.165) is 34.1 Å². The number of nitrogens with zero attached hydrogens (tertiary/aromatic N) is 2. The fourth-order valence-corrected chi connectivity index (χ4v) is 5.24. The molecule has 0 radical (unpaired) electrons. The maximum absolute atomic E-state index is 13.5. The van der Waals surface area contributed by atoms with Crippen LogP contribution in [0.15, 0.2) is 59.5 Å². The van der Waals surface area contributed by atoms with Crippen molar-refractivity contribution in [3.8, 4) is 0 Å². The second-order valence-electron chi connectivity index (χ2n) is 9.47. The van der Waals surface area contributed by atoms with Crippen molar-refractivity contribution >= 4 is 27.6 Å². The number of nitro benzene ring substituents is 1. The Morgan fingerprint density at radius 1 is 1.05 bits per heavy atom. The number of aliphatic hydroxyl groups excluding tert-OH is 1. The summed E-state index contributed by atoms with van der Waals surface area (Å²) in [7, 11) is -4.12. The molecule has 0 heterocycles. The lowest BCUT2D eigenvalue weighted by atomic mass is 10.0. The molecule has 0 aliphatic heterocycles. The van der Waals surface area contributed by atoms with Gasteiger partial charge >= 0.3 is 5.97 Å². The van der Waals surface area contributed by atoms with Gasteiger partial charge < -0.3 is 15.5 Å². The van der Waals surface area contributed by atoms with Crippen molar-refractivity contribution in [1.29, 1.82) is 0 Å².